The molecule has 0 bridgehead atoms. The van der Waals surface area contributed by atoms with Gasteiger partial charge in [0, 0.05) is 18.8 Å². The molecule has 1 N–H and O–H groups in total. The Labute approximate surface area is 136 Å². The van der Waals surface area contributed by atoms with Crippen LogP contribution in [0, 0.1) is 0 Å². The quantitative estimate of drug-likeness (QED) is 0.834. The maximum Gasteiger partial charge on any atom is 0.243 e. The van der Waals surface area contributed by atoms with Crippen LogP contribution in [0.15, 0.2) is 35.5 Å². The summed E-state index contributed by atoms with van der Waals surface area (Å²) < 4.78 is 39.1. The van der Waals surface area contributed by atoms with E-state index in [-0.39, 0.29) is 17.5 Å². The third-order valence-corrected chi connectivity index (χ3v) is 4.69. The number of benzene rings is 1. The van der Waals surface area contributed by atoms with E-state index in [9.17, 15) is 8.42 Å². The number of ether oxygens (including phenoxy) is 2. The summed E-state index contributed by atoms with van der Waals surface area (Å²) in [5.74, 6) is 1.15. The zero-order valence-electron chi connectivity index (χ0n) is 13.6. The fourth-order valence-electron chi connectivity index (χ4n) is 1.99. The summed E-state index contributed by atoms with van der Waals surface area (Å²) in [7, 11) is -0.530. The highest BCUT2D eigenvalue weighted by Gasteiger charge is 2.17. The van der Waals surface area contributed by atoms with Gasteiger partial charge in [-0.2, -0.15) is 5.10 Å². The van der Waals surface area contributed by atoms with E-state index in [4.69, 9.17) is 9.47 Å². The molecule has 0 radical (unpaired) electrons. The highest BCUT2D eigenvalue weighted by Crippen LogP contribution is 2.27. The van der Waals surface area contributed by atoms with E-state index in [0.29, 0.717) is 11.5 Å². The standard InChI is InChI=1S/C15H21N3O4S/c1-11(2)18-10-13(9-16-18)23(19,20)17-8-12-5-6-14(21-3)15(7-12)22-4/h5-7,9-11,17H,8H2,1-4H3. The number of aromatic nitrogens is 2. The lowest BCUT2D eigenvalue weighted by Crippen LogP contribution is -2.23. The maximum atomic E-state index is 12.3. The molecular formula is C15H21N3O4S. The Morgan fingerprint density at radius 2 is 1.91 bits per heavy atom. The summed E-state index contributed by atoms with van der Waals surface area (Å²) in [6, 6.07) is 5.35. The Morgan fingerprint density at radius 1 is 1.22 bits per heavy atom. The van der Waals surface area contributed by atoms with Crippen LogP contribution in [0.5, 0.6) is 11.5 Å². The fraction of sp³-hybridized carbons (Fsp3) is 0.400. The van der Waals surface area contributed by atoms with Gasteiger partial charge < -0.3 is 9.47 Å². The van der Waals surface area contributed by atoms with Crippen LogP contribution in [0.25, 0.3) is 0 Å². The van der Waals surface area contributed by atoms with E-state index in [0.717, 1.165) is 5.56 Å². The van der Waals surface area contributed by atoms with Gasteiger partial charge in [0.25, 0.3) is 0 Å². The summed E-state index contributed by atoms with van der Waals surface area (Å²) in [5.41, 5.74) is 0.766. The monoisotopic (exact) mass is 339 g/mol. The van der Waals surface area contributed by atoms with Crippen LogP contribution in [0.4, 0.5) is 0 Å². The van der Waals surface area contributed by atoms with Crippen LogP contribution in [0.2, 0.25) is 0 Å². The molecule has 23 heavy (non-hydrogen) atoms. The normalized spacial score (nSPS) is 11.7. The van der Waals surface area contributed by atoms with Gasteiger partial charge in [-0.15, -0.1) is 0 Å². The summed E-state index contributed by atoms with van der Waals surface area (Å²) >= 11 is 0. The van der Waals surface area contributed by atoms with Crippen molar-refractivity contribution >= 4 is 10.0 Å². The van der Waals surface area contributed by atoms with Gasteiger partial charge in [-0.3, -0.25) is 4.68 Å². The van der Waals surface area contributed by atoms with Crippen molar-refractivity contribution in [3.05, 3.63) is 36.2 Å². The lowest BCUT2D eigenvalue weighted by atomic mass is 10.2. The first kappa shape index (κ1) is 17.3. The van der Waals surface area contributed by atoms with E-state index < -0.39 is 10.0 Å². The topological polar surface area (TPSA) is 82.5 Å². The summed E-state index contributed by atoms with van der Waals surface area (Å²) in [6.07, 6.45) is 2.86. The second kappa shape index (κ2) is 7.01. The van der Waals surface area contributed by atoms with Gasteiger partial charge in [-0.25, -0.2) is 13.1 Å². The second-order valence-electron chi connectivity index (χ2n) is 5.26. The van der Waals surface area contributed by atoms with Crippen LogP contribution < -0.4 is 14.2 Å². The molecule has 0 saturated heterocycles. The van der Waals surface area contributed by atoms with Gasteiger partial charge in [0.1, 0.15) is 4.90 Å². The molecule has 0 fully saturated rings. The van der Waals surface area contributed by atoms with Crippen LogP contribution in [-0.2, 0) is 16.6 Å². The van der Waals surface area contributed by atoms with Gasteiger partial charge >= 0.3 is 0 Å². The first-order chi connectivity index (χ1) is 10.9. The number of nitrogens with zero attached hydrogens (tertiary/aromatic N) is 2. The molecule has 8 heteroatoms. The predicted molar refractivity (Wildman–Crippen MR) is 86.2 cm³/mol. The van der Waals surface area contributed by atoms with Crippen molar-refractivity contribution in [2.45, 2.75) is 31.3 Å². The van der Waals surface area contributed by atoms with Crippen molar-refractivity contribution in [1.29, 1.82) is 0 Å². The molecule has 0 aliphatic heterocycles. The number of hydrogen-bond acceptors (Lipinski definition) is 5. The highest BCUT2D eigenvalue weighted by molar-refractivity contribution is 7.89. The van der Waals surface area contributed by atoms with E-state index >= 15 is 0 Å². The SMILES string of the molecule is COc1ccc(CNS(=O)(=O)c2cnn(C(C)C)c2)cc1OC. The van der Waals surface area contributed by atoms with Crippen LogP contribution in [-0.4, -0.2) is 32.4 Å². The third kappa shape index (κ3) is 4.02. The average molecular weight is 339 g/mol. The molecule has 1 aromatic heterocycles. The average Bonchev–Trinajstić information content (AvgIpc) is 3.04. The van der Waals surface area contributed by atoms with Crippen molar-refractivity contribution in [3.63, 3.8) is 0 Å². The molecule has 0 atom stereocenters. The molecule has 0 amide bonds. The Kier molecular flexibility index (Phi) is 5.27. The van der Waals surface area contributed by atoms with Gasteiger partial charge in [0.05, 0.1) is 20.4 Å². The van der Waals surface area contributed by atoms with Crippen molar-refractivity contribution in [1.82, 2.24) is 14.5 Å². The van der Waals surface area contributed by atoms with Crippen LogP contribution >= 0.6 is 0 Å². The number of sulfonamides is 1. The predicted octanol–water partition coefficient (Wildman–Crippen LogP) is 1.96. The largest absolute Gasteiger partial charge is 0.493 e. The number of hydrogen-bond donors (Lipinski definition) is 1. The van der Waals surface area contributed by atoms with Crippen molar-refractivity contribution in [3.8, 4) is 11.5 Å². The summed E-state index contributed by atoms with van der Waals surface area (Å²) in [5, 5.41) is 4.05. The minimum atomic E-state index is -3.61. The Balaban J connectivity index is 2.12. The number of methoxy groups -OCH3 is 2. The Morgan fingerprint density at radius 3 is 2.48 bits per heavy atom. The first-order valence-electron chi connectivity index (χ1n) is 7.12. The summed E-state index contributed by atoms with van der Waals surface area (Å²) in [6.45, 7) is 4.01. The molecule has 2 aromatic rings. The van der Waals surface area contributed by atoms with Crippen LogP contribution in [0.1, 0.15) is 25.5 Å². The minimum absolute atomic E-state index is 0.102. The van der Waals surface area contributed by atoms with E-state index in [2.05, 4.69) is 9.82 Å². The van der Waals surface area contributed by atoms with Crippen molar-refractivity contribution in [2.75, 3.05) is 14.2 Å². The van der Waals surface area contributed by atoms with E-state index in [1.54, 1.807) is 30.0 Å². The lowest BCUT2D eigenvalue weighted by molar-refractivity contribution is 0.354. The van der Waals surface area contributed by atoms with E-state index in [1.807, 2.05) is 13.8 Å². The van der Waals surface area contributed by atoms with Crippen LogP contribution in [0.3, 0.4) is 0 Å². The Hall–Kier alpha value is -2.06. The highest BCUT2D eigenvalue weighted by atomic mass is 32.2. The van der Waals surface area contributed by atoms with Gasteiger partial charge in [-0.1, -0.05) is 6.07 Å². The zero-order chi connectivity index (χ0) is 17.0. The molecule has 2 rings (SSSR count). The number of nitrogens with one attached hydrogen (secondary N) is 1. The molecular weight excluding hydrogens is 318 g/mol. The molecule has 0 saturated carbocycles. The molecule has 0 unspecified atom stereocenters. The number of rotatable bonds is 7. The molecule has 0 spiro atoms. The zero-order valence-corrected chi connectivity index (χ0v) is 14.4. The minimum Gasteiger partial charge on any atom is -0.493 e. The van der Waals surface area contributed by atoms with Gasteiger partial charge in [0.15, 0.2) is 11.5 Å². The molecule has 1 heterocycles. The molecule has 7 nitrogen and oxygen atoms in total. The van der Waals surface area contributed by atoms with E-state index in [1.165, 1.54) is 19.5 Å². The first-order valence-corrected chi connectivity index (χ1v) is 8.60. The fourth-order valence-corrected chi connectivity index (χ4v) is 2.95. The smallest absolute Gasteiger partial charge is 0.243 e. The molecule has 0 aliphatic carbocycles. The third-order valence-electron chi connectivity index (χ3n) is 3.33. The van der Waals surface area contributed by atoms with Gasteiger partial charge in [-0.05, 0) is 31.5 Å². The van der Waals surface area contributed by atoms with Gasteiger partial charge in [0.2, 0.25) is 10.0 Å². The molecule has 1 aromatic carbocycles. The maximum absolute atomic E-state index is 12.3. The van der Waals surface area contributed by atoms with Crippen molar-refractivity contribution < 1.29 is 17.9 Å². The Bertz CT molecular complexity index is 769. The second-order valence-corrected chi connectivity index (χ2v) is 7.03. The lowest BCUT2D eigenvalue weighted by Gasteiger charge is -2.10. The van der Waals surface area contributed by atoms with Crippen molar-refractivity contribution in [2.24, 2.45) is 0 Å². The molecule has 126 valence electrons. The summed E-state index contributed by atoms with van der Waals surface area (Å²) in [4.78, 5) is 0.145. The molecule has 0 aliphatic rings.